The lowest BCUT2D eigenvalue weighted by molar-refractivity contribution is 0.415. The van der Waals surface area contributed by atoms with Crippen LogP contribution in [0.15, 0.2) is 60.9 Å². The molecule has 0 saturated carbocycles. The number of methoxy groups -OCH3 is 2. The number of hydrogen-bond acceptors (Lipinski definition) is 6. The topological polar surface area (TPSA) is 69.2 Å². The molecular formula is C21H17ClN4O2. The van der Waals surface area contributed by atoms with Crippen LogP contribution in [0.5, 0.6) is 11.5 Å². The van der Waals surface area contributed by atoms with Crippen molar-refractivity contribution in [3.63, 3.8) is 0 Å². The minimum atomic E-state index is 0.510. The molecule has 28 heavy (non-hydrogen) atoms. The zero-order valence-electron chi connectivity index (χ0n) is 15.3. The van der Waals surface area contributed by atoms with Gasteiger partial charge in [-0.05, 0) is 48.5 Å². The van der Waals surface area contributed by atoms with Crippen molar-refractivity contribution in [2.45, 2.75) is 0 Å². The Bertz CT molecular complexity index is 1140. The number of benzene rings is 2. The van der Waals surface area contributed by atoms with Gasteiger partial charge in [0.05, 0.1) is 24.8 Å². The lowest BCUT2D eigenvalue weighted by Crippen LogP contribution is -2.00. The highest BCUT2D eigenvalue weighted by atomic mass is 35.5. The first-order valence-electron chi connectivity index (χ1n) is 8.54. The van der Waals surface area contributed by atoms with E-state index in [1.807, 2.05) is 36.4 Å². The third kappa shape index (κ3) is 3.54. The maximum atomic E-state index is 6.26. The fourth-order valence-electron chi connectivity index (χ4n) is 2.83. The number of nitrogens with zero attached hydrogens (tertiary/aromatic N) is 3. The van der Waals surface area contributed by atoms with E-state index in [1.165, 1.54) is 0 Å². The molecule has 0 atom stereocenters. The number of halogens is 1. The Kier molecular flexibility index (Phi) is 4.95. The van der Waals surface area contributed by atoms with Crippen LogP contribution in [0.4, 0.5) is 11.5 Å². The molecule has 0 fully saturated rings. The summed E-state index contributed by atoms with van der Waals surface area (Å²) < 4.78 is 10.6. The molecule has 2 aromatic carbocycles. The van der Waals surface area contributed by atoms with Gasteiger partial charge in [0.15, 0.2) is 5.82 Å². The number of rotatable bonds is 5. The fourth-order valence-corrected chi connectivity index (χ4v) is 3.09. The van der Waals surface area contributed by atoms with Gasteiger partial charge in [-0.15, -0.1) is 0 Å². The van der Waals surface area contributed by atoms with Gasteiger partial charge in [-0.1, -0.05) is 11.6 Å². The molecule has 0 amide bonds. The largest absolute Gasteiger partial charge is 0.497 e. The summed E-state index contributed by atoms with van der Waals surface area (Å²) in [6.45, 7) is 0. The standard InChI is InChI=1S/C21H17ClN4O2/c1-27-15-6-7-18-16(11-15)21(24-14-5-8-19(28-2)17(22)10-14)26-20(25-18)13-4-3-9-23-12-13/h3-12H,1-2H3,(H,24,25,26). The molecule has 0 unspecified atom stereocenters. The molecule has 4 aromatic rings. The highest BCUT2D eigenvalue weighted by Gasteiger charge is 2.12. The third-order valence-corrected chi connectivity index (χ3v) is 4.53. The van der Waals surface area contributed by atoms with Crippen LogP contribution in [0.25, 0.3) is 22.3 Å². The van der Waals surface area contributed by atoms with Gasteiger partial charge < -0.3 is 14.8 Å². The molecule has 2 aromatic heterocycles. The van der Waals surface area contributed by atoms with Gasteiger partial charge in [-0.25, -0.2) is 9.97 Å². The van der Waals surface area contributed by atoms with Crippen LogP contribution in [-0.4, -0.2) is 29.2 Å². The number of aromatic nitrogens is 3. The predicted molar refractivity (Wildman–Crippen MR) is 111 cm³/mol. The lowest BCUT2D eigenvalue weighted by atomic mass is 10.2. The van der Waals surface area contributed by atoms with Gasteiger partial charge >= 0.3 is 0 Å². The smallest absolute Gasteiger partial charge is 0.163 e. The first-order valence-corrected chi connectivity index (χ1v) is 8.92. The monoisotopic (exact) mass is 392 g/mol. The molecular weight excluding hydrogens is 376 g/mol. The number of anilines is 2. The second-order valence-electron chi connectivity index (χ2n) is 5.99. The van der Waals surface area contributed by atoms with Crippen LogP contribution in [-0.2, 0) is 0 Å². The molecule has 0 radical (unpaired) electrons. The van der Waals surface area contributed by atoms with Crippen LogP contribution in [0.1, 0.15) is 0 Å². The third-order valence-electron chi connectivity index (χ3n) is 4.24. The molecule has 6 nitrogen and oxygen atoms in total. The Morgan fingerprint density at radius 1 is 0.964 bits per heavy atom. The van der Waals surface area contributed by atoms with Crippen LogP contribution in [0.2, 0.25) is 5.02 Å². The molecule has 2 heterocycles. The highest BCUT2D eigenvalue weighted by molar-refractivity contribution is 6.32. The molecule has 0 aliphatic carbocycles. The van der Waals surface area contributed by atoms with E-state index in [4.69, 9.17) is 26.1 Å². The summed E-state index contributed by atoms with van der Waals surface area (Å²) in [7, 11) is 3.21. The SMILES string of the molecule is COc1ccc2nc(-c3cccnc3)nc(Nc3ccc(OC)c(Cl)c3)c2c1. The zero-order chi connectivity index (χ0) is 19.5. The Morgan fingerprint density at radius 3 is 2.57 bits per heavy atom. The maximum Gasteiger partial charge on any atom is 0.163 e. The second-order valence-corrected chi connectivity index (χ2v) is 6.40. The van der Waals surface area contributed by atoms with Crippen molar-refractivity contribution in [1.29, 1.82) is 0 Å². The van der Waals surface area contributed by atoms with Crippen molar-refractivity contribution >= 4 is 34.0 Å². The van der Waals surface area contributed by atoms with Crippen molar-refractivity contribution in [2.24, 2.45) is 0 Å². The normalized spacial score (nSPS) is 10.7. The Morgan fingerprint density at radius 2 is 1.86 bits per heavy atom. The van der Waals surface area contributed by atoms with Crippen LogP contribution in [0.3, 0.4) is 0 Å². The molecule has 0 spiro atoms. The quantitative estimate of drug-likeness (QED) is 0.509. The van der Waals surface area contributed by atoms with Crippen molar-refractivity contribution in [3.8, 4) is 22.9 Å². The minimum Gasteiger partial charge on any atom is -0.497 e. The van der Waals surface area contributed by atoms with Crippen molar-refractivity contribution in [2.75, 3.05) is 19.5 Å². The molecule has 0 saturated heterocycles. The molecule has 0 aliphatic rings. The van der Waals surface area contributed by atoms with Gasteiger partial charge in [0.2, 0.25) is 0 Å². The van der Waals surface area contributed by atoms with Crippen molar-refractivity contribution in [3.05, 3.63) is 65.9 Å². The molecule has 0 bridgehead atoms. The summed E-state index contributed by atoms with van der Waals surface area (Å²) in [5, 5.41) is 4.68. The van der Waals surface area contributed by atoms with Crippen LogP contribution in [0, 0.1) is 0 Å². The van der Waals surface area contributed by atoms with E-state index < -0.39 is 0 Å². The summed E-state index contributed by atoms with van der Waals surface area (Å²) >= 11 is 6.26. The van der Waals surface area contributed by atoms with Gasteiger partial charge in [-0.3, -0.25) is 4.98 Å². The number of ether oxygens (including phenoxy) is 2. The number of fused-ring (bicyclic) bond motifs is 1. The van der Waals surface area contributed by atoms with Gasteiger partial charge in [0.1, 0.15) is 17.3 Å². The molecule has 140 valence electrons. The van der Waals surface area contributed by atoms with Crippen molar-refractivity contribution in [1.82, 2.24) is 15.0 Å². The van der Waals surface area contributed by atoms with E-state index in [0.717, 1.165) is 27.9 Å². The molecule has 0 aliphatic heterocycles. The van der Waals surface area contributed by atoms with E-state index >= 15 is 0 Å². The second kappa shape index (κ2) is 7.70. The summed E-state index contributed by atoms with van der Waals surface area (Å²) in [5.74, 6) is 2.55. The summed E-state index contributed by atoms with van der Waals surface area (Å²) in [5.41, 5.74) is 2.40. The average molecular weight is 393 g/mol. The number of hydrogen-bond donors (Lipinski definition) is 1. The van der Waals surface area contributed by atoms with E-state index in [-0.39, 0.29) is 0 Å². The van der Waals surface area contributed by atoms with Crippen molar-refractivity contribution < 1.29 is 9.47 Å². The summed E-state index contributed by atoms with van der Waals surface area (Å²) in [6, 6.07) is 14.9. The predicted octanol–water partition coefficient (Wildman–Crippen LogP) is 5.11. The molecule has 7 heteroatoms. The van der Waals surface area contributed by atoms with E-state index in [0.29, 0.717) is 22.4 Å². The number of nitrogens with one attached hydrogen (secondary N) is 1. The molecule has 4 rings (SSSR count). The van der Waals surface area contributed by atoms with E-state index in [9.17, 15) is 0 Å². The summed E-state index contributed by atoms with van der Waals surface area (Å²) in [4.78, 5) is 13.6. The van der Waals surface area contributed by atoms with Gasteiger partial charge in [0.25, 0.3) is 0 Å². The Labute approximate surface area is 167 Å². The van der Waals surface area contributed by atoms with Crippen LogP contribution < -0.4 is 14.8 Å². The van der Waals surface area contributed by atoms with Gasteiger partial charge in [-0.2, -0.15) is 0 Å². The fraction of sp³-hybridized carbons (Fsp3) is 0.0952. The minimum absolute atomic E-state index is 0.510. The van der Waals surface area contributed by atoms with E-state index in [2.05, 4.69) is 15.3 Å². The maximum absolute atomic E-state index is 6.26. The first-order chi connectivity index (χ1) is 13.7. The Balaban J connectivity index is 1.85. The average Bonchev–Trinajstić information content (AvgIpc) is 2.74. The lowest BCUT2D eigenvalue weighted by Gasteiger charge is -2.13. The number of pyridine rings is 1. The van der Waals surface area contributed by atoms with Crippen LogP contribution >= 0.6 is 11.6 Å². The zero-order valence-corrected chi connectivity index (χ0v) is 16.1. The Hall–Kier alpha value is -3.38. The summed E-state index contributed by atoms with van der Waals surface area (Å²) in [6.07, 6.45) is 3.45. The highest BCUT2D eigenvalue weighted by Crippen LogP contribution is 2.32. The molecule has 1 N–H and O–H groups in total. The first kappa shape index (κ1) is 18.0. The van der Waals surface area contributed by atoms with E-state index in [1.54, 1.807) is 38.7 Å². The van der Waals surface area contributed by atoms with Gasteiger partial charge in [0, 0.05) is 29.0 Å².